The van der Waals surface area contributed by atoms with Gasteiger partial charge in [0, 0.05) is 10.1 Å². The normalized spacial score (nSPS) is 25.7. The third-order valence-corrected chi connectivity index (χ3v) is 5.24. The zero-order valence-electron chi connectivity index (χ0n) is 8.83. The van der Waals surface area contributed by atoms with E-state index in [9.17, 15) is 5.11 Å². The molecule has 1 saturated carbocycles. The van der Waals surface area contributed by atoms with Crippen LogP contribution in [0.2, 0.25) is 10.0 Å². The van der Waals surface area contributed by atoms with Crippen molar-refractivity contribution >= 4 is 35.0 Å². The van der Waals surface area contributed by atoms with E-state index in [1.54, 1.807) is 11.8 Å². The van der Waals surface area contributed by atoms with Crippen molar-refractivity contribution in [1.82, 2.24) is 0 Å². The SMILES string of the molecule is O[C@H]1CCCC[C@@H]1Sc1c(Cl)cccc1Cl. The first-order chi connectivity index (χ1) is 7.68. The van der Waals surface area contributed by atoms with E-state index in [2.05, 4.69) is 0 Å². The molecule has 2 atom stereocenters. The monoisotopic (exact) mass is 276 g/mol. The highest BCUT2D eigenvalue weighted by molar-refractivity contribution is 8.00. The molecule has 1 aliphatic rings. The average molecular weight is 277 g/mol. The van der Waals surface area contributed by atoms with Crippen LogP contribution >= 0.6 is 35.0 Å². The molecule has 0 heterocycles. The first kappa shape index (κ1) is 12.6. The summed E-state index contributed by atoms with van der Waals surface area (Å²) in [6.07, 6.45) is 3.99. The topological polar surface area (TPSA) is 20.2 Å². The Kier molecular flexibility index (Phi) is 4.42. The van der Waals surface area contributed by atoms with Gasteiger partial charge in [0.05, 0.1) is 16.1 Å². The summed E-state index contributed by atoms with van der Waals surface area (Å²) < 4.78 is 0. The maximum Gasteiger partial charge on any atom is 0.0662 e. The van der Waals surface area contributed by atoms with Crippen LogP contribution in [-0.4, -0.2) is 16.5 Å². The predicted octanol–water partition coefficient (Wildman–Crippen LogP) is 4.39. The van der Waals surface area contributed by atoms with Crippen molar-refractivity contribution in [3.63, 3.8) is 0 Å². The third kappa shape index (κ3) is 2.86. The van der Waals surface area contributed by atoms with Gasteiger partial charge in [-0.05, 0) is 25.0 Å². The lowest BCUT2D eigenvalue weighted by Gasteiger charge is -2.27. The summed E-state index contributed by atoms with van der Waals surface area (Å²) in [4.78, 5) is 0.900. The minimum atomic E-state index is -0.230. The summed E-state index contributed by atoms with van der Waals surface area (Å²) in [6.45, 7) is 0. The molecule has 1 fully saturated rings. The standard InChI is InChI=1S/C12H14Cl2OS/c13-8-4-3-5-9(14)12(8)16-11-7-2-1-6-10(11)15/h3-5,10-11,15H,1-2,6-7H2/t10-,11-/m0/s1. The minimum Gasteiger partial charge on any atom is -0.392 e. The number of hydrogen-bond acceptors (Lipinski definition) is 2. The molecule has 0 unspecified atom stereocenters. The maximum absolute atomic E-state index is 9.91. The molecule has 0 radical (unpaired) electrons. The van der Waals surface area contributed by atoms with Gasteiger partial charge in [0.15, 0.2) is 0 Å². The smallest absolute Gasteiger partial charge is 0.0662 e. The van der Waals surface area contributed by atoms with Crippen molar-refractivity contribution in [3.05, 3.63) is 28.2 Å². The van der Waals surface area contributed by atoms with Crippen molar-refractivity contribution in [2.24, 2.45) is 0 Å². The molecule has 1 aromatic rings. The van der Waals surface area contributed by atoms with Crippen molar-refractivity contribution in [3.8, 4) is 0 Å². The van der Waals surface area contributed by atoms with E-state index < -0.39 is 0 Å². The van der Waals surface area contributed by atoms with E-state index in [0.29, 0.717) is 10.0 Å². The zero-order chi connectivity index (χ0) is 11.5. The minimum absolute atomic E-state index is 0.228. The Hall–Kier alpha value is 0.110. The summed E-state index contributed by atoms with van der Waals surface area (Å²) in [5, 5.41) is 11.5. The van der Waals surface area contributed by atoms with Gasteiger partial charge >= 0.3 is 0 Å². The van der Waals surface area contributed by atoms with Crippen LogP contribution in [0.15, 0.2) is 23.1 Å². The highest BCUT2D eigenvalue weighted by Crippen LogP contribution is 2.40. The van der Waals surface area contributed by atoms with E-state index in [1.807, 2.05) is 18.2 Å². The van der Waals surface area contributed by atoms with Gasteiger partial charge in [0.2, 0.25) is 0 Å². The van der Waals surface area contributed by atoms with E-state index in [0.717, 1.165) is 24.2 Å². The number of benzene rings is 1. The highest BCUT2D eigenvalue weighted by atomic mass is 35.5. The lowest BCUT2D eigenvalue weighted by molar-refractivity contribution is 0.137. The number of thioether (sulfide) groups is 1. The molecule has 1 N–H and O–H groups in total. The van der Waals surface area contributed by atoms with E-state index in [-0.39, 0.29) is 11.4 Å². The Morgan fingerprint density at radius 2 is 1.75 bits per heavy atom. The van der Waals surface area contributed by atoms with E-state index >= 15 is 0 Å². The Morgan fingerprint density at radius 3 is 2.38 bits per heavy atom. The van der Waals surface area contributed by atoms with Crippen molar-refractivity contribution < 1.29 is 5.11 Å². The van der Waals surface area contributed by atoms with E-state index in [1.165, 1.54) is 6.42 Å². The van der Waals surface area contributed by atoms with Crippen LogP contribution in [0, 0.1) is 0 Å². The molecule has 88 valence electrons. The van der Waals surface area contributed by atoms with E-state index in [4.69, 9.17) is 23.2 Å². The second kappa shape index (κ2) is 5.63. The first-order valence-electron chi connectivity index (χ1n) is 5.47. The van der Waals surface area contributed by atoms with Gasteiger partial charge in [-0.3, -0.25) is 0 Å². The summed E-state index contributed by atoms with van der Waals surface area (Å²) in [5.41, 5.74) is 0. The van der Waals surface area contributed by atoms with Crippen LogP contribution in [0.25, 0.3) is 0 Å². The van der Waals surface area contributed by atoms with Crippen LogP contribution in [0.5, 0.6) is 0 Å². The largest absolute Gasteiger partial charge is 0.392 e. The number of rotatable bonds is 2. The molecule has 0 saturated heterocycles. The summed E-state index contributed by atoms with van der Waals surface area (Å²) in [7, 11) is 0. The molecule has 16 heavy (non-hydrogen) atoms. The van der Waals surface area contributed by atoms with Crippen molar-refractivity contribution in [1.29, 1.82) is 0 Å². The van der Waals surface area contributed by atoms with Crippen LogP contribution in [-0.2, 0) is 0 Å². The lowest BCUT2D eigenvalue weighted by atomic mass is 9.97. The highest BCUT2D eigenvalue weighted by Gasteiger charge is 2.25. The van der Waals surface area contributed by atoms with Crippen LogP contribution in [0.4, 0.5) is 0 Å². The average Bonchev–Trinajstić information content (AvgIpc) is 2.26. The number of aliphatic hydroxyl groups excluding tert-OH is 1. The van der Waals surface area contributed by atoms with Gasteiger partial charge in [-0.2, -0.15) is 0 Å². The fourth-order valence-corrected chi connectivity index (χ4v) is 3.87. The predicted molar refractivity (Wildman–Crippen MR) is 70.6 cm³/mol. The van der Waals surface area contributed by atoms with Crippen LogP contribution < -0.4 is 0 Å². The molecular weight excluding hydrogens is 263 g/mol. The lowest BCUT2D eigenvalue weighted by Crippen LogP contribution is -2.26. The molecule has 0 aromatic heterocycles. The second-order valence-corrected chi connectivity index (χ2v) is 6.12. The maximum atomic E-state index is 9.91. The molecule has 0 amide bonds. The third-order valence-electron chi connectivity index (χ3n) is 2.86. The molecule has 0 aliphatic heterocycles. The molecule has 4 heteroatoms. The summed E-state index contributed by atoms with van der Waals surface area (Å²) >= 11 is 13.8. The van der Waals surface area contributed by atoms with Crippen LogP contribution in [0.1, 0.15) is 25.7 Å². The molecule has 1 nitrogen and oxygen atoms in total. The first-order valence-corrected chi connectivity index (χ1v) is 7.11. The summed E-state index contributed by atoms with van der Waals surface area (Å²) in [5.74, 6) is 0. The second-order valence-electron chi connectivity index (χ2n) is 4.06. The molecule has 2 rings (SSSR count). The molecule has 0 spiro atoms. The molecule has 0 bridgehead atoms. The van der Waals surface area contributed by atoms with Gasteiger partial charge in [-0.15, -0.1) is 11.8 Å². The Labute approximate surface area is 110 Å². The van der Waals surface area contributed by atoms with Gasteiger partial charge in [0.25, 0.3) is 0 Å². The Balaban J connectivity index is 2.13. The number of hydrogen-bond donors (Lipinski definition) is 1. The van der Waals surface area contributed by atoms with Gasteiger partial charge in [-0.1, -0.05) is 42.1 Å². The fraction of sp³-hybridized carbons (Fsp3) is 0.500. The van der Waals surface area contributed by atoms with Gasteiger partial charge in [-0.25, -0.2) is 0 Å². The Bertz CT molecular complexity index is 350. The van der Waals surface area contributed by atoms with Gasteiger partial charge < -0.3 is 5.11 Å². The van der Waals surface area contributed by atoms with Crippen LogP contribution in [0.3, 0.4) is 0 Å². The number of halogens is 2. The fourth-order valence-electron chi connectivity index (χ4n) is 1.96. The quantitative estimate of drug-likeness (QED) is 0.865. The Morgan fingerprint density at radius 1 is 1.12 bits per heavy atom. The molecular formula is C12H14Cl2OS. The number of aliphatic hydroxyl groups is 1. The van der Waals surface area contributed by atoms with Crippen molar-refractivity contribution in [2.45, 2.75) is 41.9 Å². The van der Waals surface area contributed by atoms with Gasteiger partial charge in [0.1, 0.15) is 0 Å². The molecule has 1 aliphatic carbocycles. The zero-order valence-corrected chi connectivity index (χ0v) is 11.2. The molecule has 1 aromatic carbocycles. The summed E-state index contributed by atoms with van der Waals surface area (Å²) in [6, 6.07) is 5.52. The van der Waals surface area contributed by atoms with Crippen molar-refractivity contribution in [2.75, 3.05) is 0 Å².